The minimum Gasteiger partial charge on any atom is -0.276 e. The standard InChI is InChI=1S/C11H14N2O/c1-3-10(2)12-13(9-14)11-7-5-4-6-8-11/h4-9H,3H2,1-2H3/b12-10-. The van der Waals surface area contributed by atoms with E-state index in [2.05, 4.69) is 5.10 Å². The molecular weight excluding hydrogens is 176 g/mol. The molecule has 0 aliphatic rings. The number of benzene rings is 1. The van der Waals surface area contributed by atoms with Crippen LogP contribution in [0.1, 0.15) is 20.3 Å². The third-order valence-corrected chi connectivity index (χ3v) is 1.91. The van der Waals surface area contributed by atoms with Gasteiger partial charge in [-0.2, -0.15) is 5.10 Å². The van der Waals surface area contributed by atoms with E-state index < -0.39 is 0 Å². The predicted molar refractivity (Wildman–Crippen MR) is 58.4 cm³/mol. The topological polar surface area (TPSA) is 32.7 Å². The molecule has 0 N–H and O–H groups in total. The van der Waals surface area contributed by atoms with Gasteiger partial charge in [0.05, 0.1) is 5.69 Å². The van der Waals surface area contributed by atoms with E-state index in [1.54, 1.807) is 0 Å². The predicted octanol–water partition coefficient (Wildman–Crippen LogP) is 2.44. The lowest BCUT2D eigenvalue weighted by Crippen LogP contribution is -2.15. The largest absolute Gasteiger partial charge is 0.276 e. The minimum atomic E-state index is 0.717. The first kappa shape index (κ1) is 10.4. The lowest BCUT2D eigenvalue weighted by molar-refractivity contribution is -0.107. The summed E-state index contributed by atoms with van der Waals surface area (Å²) in [6.07, 6.45) is 1.56. The van der Waals surface area contributed by atoms with Crippen LogP contribution < -0.4 is 5.01 Å². The van der Waals surface area contributed by atoms with Gasteiger partial charge in [-0.25, -0.2) is 5.01 Å². The van der Waals surface area contributed by atoms with Crippen molar-refractivity contribution in [3.05, 3.63) is 30.3 Å². The van der Waals surface area contributed by atoms with Gasteiger partial charge < -0.3 is 0 Å². The molecule has 1 aromatic rings. The van der Waals surface area contributed by atoms with Crippen molar-refractivity contribution in [1.82, 2.24) is 0 Å². The molecule has 1 rings (SSSR count). The van der Waals surface area contributed by atoms with E-state index in [0.717, 1.165) is 17.8 Å². The Kier molecular flexibility index (Phi) is 3.85. The first-order valence-corrected chi connectivity index (χ1v) is 4.61. The summed E-state index contributed by atoms with van der Waals surface area (Å²) < 4.78 is 0. The number of hydrogen-bond donors (Lipinski definition) is 0. The van der Waals surface area contributed by atoms with Gasteiger partial charge in [-0.05, 0) is 25.5 Å². The second-order valence-electron chi connectivity index (χ2n) is 2.97. The first-order valence-electron chi connectivity index (χ1n) is 4.61. The van der Waals surface area contributed by atoms with Crippen molar-refractivity contribution in [2.75, 3.05) is 5.01 Å². The lowest BCUT2D eigenvalue weighted by Gasteiger charge is -2.11. The summed E-state index contributed by atoms with van der Waals surface area (Å²) in [6, 6.07) is 9.36. The zero-order valence-electron chi connectivity index (χ0n) is 8.47. The SMILES string of the molecule is CC/C(C)=N\N(C=O)c1ccccc1. The molecule has 14 heavy (non-hydrogen) atoms. The summed E-state index contributed by atoms with van der Waals surface area (Å²) >= 11 is 0. The number of hydrogen-bond acceptors (Lipinski definition) is 2. The summed E-state index contributed by atoms with van der Waals surface area (Å²) in [5, 5.41) is 5.51. The summed E-state index contributed by atoms with van der Waals surface area (Å²) in [4.78, 5) is 10.8. The van der Waals surface area contributed by atoms with Crippen LogP contribution in [0, 0.1) is 0 Å². The number of carbonyl (C=O) groups excluding carboxylic acids is 1. The fourth-order valence-corrected chi connectivity index (χ4v) is 0.978. The van der Waals surface area contributed by atoms with Crippen molar-refractivity contribution < 1.29 is 4.79 Å². The van der Waals surface area contributed by atoms with E-state index in [1.807, 2.05) is 44.2 Å². The highest BCUT2D eigenvalue weighted by Crippen LogP contribution is 2.11. The van der Waals surface area contributed by atoms with E-state index in [0.29, 0.717) is 6.41 Å². The summed E-state index contributed by atoms with van der Waals surface area (Å²) in [5.41, 5.74) is 1.72. The minimum absolute atomic E-state index is 0.717. The molecule has 0 unspecified atom stereocenters. The molecule has 3 nitrogen and oxygen atoms in total. The van der Waals surface area contributed by atoms with Crippen LogP contribution in [0.15, 0.2) is 35.4 Å². The van der Waals surface area contributed by atoms with Crippen molar-refractivity contribution in [2.24, 2.45) is 5.10 Å². The second-order valence-corrected chi connectivity index (χ2v) is 2.97. The van der Waals surface area contributed by atoms with Crippen molar-refractivity contribution in [2.45, 2.75) is 20.3 Å². The number of para-hydroxylation sites is 1. The quantitative estimate of drug-likeness (QED) is 0.407. The van der Waals surface area contributed by atoms with Gasteiger partial charge in [0.15, 0.2) is 0 Å². The number of nitrogens with zero attached hydrogens (tertiary/aromatic N) is 2. The molecule has 1 aromatic carbocycles. The van der Waals surface area contributed by atoms with Crippen LogP contribution in [-0.4, -0.2) is 12.1 Å². The van der Waals surface area contributed by atoms with Gasteiger partial charge in [0.25, 0.3) is 0 Å². The second kappa shape index (κ2) is 5.17. The molecule has 0 atom stereocenters. The van der Waals surface area contributed by atoms with Crippen LogP contribution in [0.4, 0.5) is 5.69 Å². The monoisotopic (exact) mass is 190 g/mol. The average Bonchev–Trinajstić information content (AvgIpc) is 2.26. The van der Waals surface area contributed by atoms with Crippen LogP contribution in [0.25, 0.3) is 0 Å². The molecule has 0 spiro atoms. The van der Waals surface area contributed by atoms with Gasteiger partial charge in [0.1, 0.15) is 0 Å². The Morgan fingerprint density at radius 3 is 2.57 bits per heavy atom. The molecule has 0 radical (unpaired) electrons. The number of carbonyl (C=O) groups is 1. The van der Waals surface area contributed by atoms with Crippen molar-refractivity contribution >= 4 is 17.8 Å². The molecule has 0 saturated heterocycles. The normalized spacial score (nSPS) is 11.1. The maximum absolute atomic E-state index is 10.8. The van der Waals surface area contributed by atoms with Crippen molar-refractivity contribution in [3.8, 4) is 0 Å². The highest BCUT2D eigenvalue weighted by atomic mass is 16.1. The molecule has 74 valence electrons. The van der Waals surface area contributed by atoms with E-state index in [-0.39, 0.29) is 0 Å². The molecule has 1 amide bonds. The Labute approximate surface area is 84.0 Å². The average molecular weight is 190 g/mol. The molecule has 0 aliphatic heterocycles. The molecule has 0 saturated carbocycles. The molecule has 3 heteroatoms. The van der Waals surface area contributed by atoms with E-state index >= 15 is 0 Å². The van der Waals surface area contributed by atoms with Gasteiger partial charge in [0.2, 0.25) is 6.41 Å². The van der Waals surface area contributed by atoms with Crippen LogP contribution in [0.3, 0.4) is 0 Å². The van der Waals surface area contributed by atoms with Crippen LogP contribution >= 0.6 is 0 Å². The maximum Gasteiger partial charge on any atom is 0.234 e. The molecule has 0 aromatic heterocycles. The fourth-order valence-electron chi connectivity index (χ4n) is 0.978. The third kappa shape index (κ3) is 2.69. The lowest BCUT2D eigenvalue weighted by atomic mass is 10.3. The number of anilines is 1. The Balaban J connectivity index is 2.88. The van der Waals surface area contributed by atoms with Crippen LogP contribution in [-0.2, 0) is 4.79 Å². The Morgan fingerprint density at radius 1 is 1.43 bits per heavy atom. The van der Waals surface area contributed by atoms with Gasteiger partial charge in [0, 0.05) is 5.71 Å². The first-order chi connectivity index (χ1) is 6.77. The van der Waals surface area contributed by atoms with E-state index in [1.165, 1.54) is 5.01 Å². The third-order valence-electron chi connectivity index (χ3n) is 1.91. The van der Waals surface area contributed by atoms with Crippen LogP contribution in [0.2, 0.25) is 0 Å². The highest BCUT2D eigenvalue weighted by Gasteiger charge is 2.01. The maximum atomic E-state index is 10.8. The van der Waals surface area contributed by atoms with Crippen LogP contribution in [0.5, 0.6) is 0 Å². The Morgan fingerprint density at radius 2 is 2.07 bits per heavy atom. The fraction of sp³-hybridized carbons (Fsp3) is 0.273. The zero-order valence-corrected chi connectivity index (χ0v) is 8.47. The van der Waals surface area contributed by atoms with Gasteiger partial charge in [-0.1, -0.05) is 25.1 Å². The highest BCUT2D eigenvalue weighted by molar-refractivity contribution is 5.86. The molecule has 0 heterocycles. The summed E-state index contributed by atoms with van der Waals surface area (Å²) in [7, 11) is 0. The number of amides is 1. The summed E-state index contributed by atoms with van der Waals surface area (Å²) in [6.45, 7) is 3.91. The van der Waals surface area contributed by atoms with Crippen molar-refractivity contribution in [3.63, 3.8) is 0 Å². The molecule has 0 bridgehead atoms. The smallest absolute Gasteiger partial charge is 0.234 e. The summed E-state index contributed by atoms with van der Waals surface area (Å²) in [5.74, 6) is 0. The number of rotatable bonds is 4. The molecule has 0 aliphatic carbocycles. The number of hydrazone groups is 1. The van der Waals surface area contributed by atoms with E-state index in [9.17, 15) is 4.79 Å². The molecule has 0 fully saturated rings. The zero-order chi connectivity index (χ0) is 10.4. The Bertz CT molecular complexity index is 319. The molecular formula is C11H14N2O. The van der Waals surface area contributed by atoms with Crippen molar-refractivity contribution in [1.29, 1.82) is 0 Å². The van der Waals surface area contributed by atoms with E-state index in [4.69, 9.17) is 0 Å². The Hall–Kier alpha value is -1.64. The van der Waals surface area contributed by atoms with Gasteiger partial charge in [-0.15, -0.1) is 0 Å². The van der Waals surface area contributed by atoms with Gasteiger partial charge in [-0.3, -0.25) is 4.79 Å². The van der Waals surface area contributed by atoms with Gasteiger partial charge >= 0.3 is 0 Å².